The van der Waals surface area contributed by atoms with E-state index in [-0.39, 0.29) is 5.91 Å². The number of amides is 1. The molecule has 2 N–H and O–H groups in total. The van der Waals surface area contributed by atoms with Gasteiger partial charge in [-0.2, -0.15) is 0 Å². The number of nitrogens with one attached hydrogen (secondary N) is 2. The first-order valence-corrected chi connectivity index (χ1v) is 7.95. The van der Waals surface area contributed by atoms with Crippen LogP contribution in [0.5, 0.6) is 0 Å². The average molecular weight is 379 g/mol. The van der Waals surface area contributed by atoms with Crippen LogP contribution in [0, 0.1) is 13.8 Å². The highest BCUT2D eigenvalue weighted by Gasteiger charge is 2.11. The predicted octanol–water partition coefficient (Wildman–Crippen LogP) is 2.98. The number of carbonyl (C=O) groups is 1. The molecule has 0 aliphatic heterocycles. The lowest BCUT2D eigenvalue weighted by molar-refractivity contribution is 0.0932. The van der Waals surface area contributed by atoms with Gasteiger partial charge < -0.3 is 15.4 Å². The largest absolute Gasteiger partial charge is 0.383 e. The van der Waals surface area contributed by atoms with Crippen molar-refractivity contribution in [3.63, 3.8) is 0 Å². The Balaban J connectivity index is 2.18. The quantitative estimate of drug-likeness (QED) is 0.755. The molecule has 2 rings (SSSR count). The monoisotopic (exact) mass is 378 g/mol. The van der Waals surface area contributed by atoms with Crippen molar-refractivity contribution in [2.75, 3.05) is 25.6 Å². The second-order valence-electron chi connectivity index (χ2n) is 5.08. The molecule has 0 saturated heterocycles. The van der Waals surface area contributed by atoms with Gasteiger partial charge in [0.1, 0.15) is 5.69 Å². The van der Waals surface area contributed by atoms with E-state index in [2.05, 4.69) is 36.5 Å². The molecule has 1 aromatic heterocycles. The number of aryl methyl sites for hydroxylation is 2. The van der Waals surface area contributed by atoms with Crippen LogP contribution in [0.4, 0.5) is 11.6 Å². The van der Waals surface area contributed by atoms with Crippen molar-refractivity contribution in [1.82, 2.24) is 15.3 Å². The molecule has 2 aromatic rings. The summed E-state index contributed by atoms with van der Waals surface area (Å²) in [5.74, 6) is 0.130. The number of carbonyl (C=O) groups excluding carboxylic acids is 1. The lowest BCUT2D eigenvalue weighted by Gasteiger charge is -2.10. The number of nitrogens with zero attached hydrogens (tertiary/aromatic N) is 2. The maximum Gasteiger partial charge on any atom is 0.270 e. The zero-order valence-electron chi connectivity index (χ0n) is 13.3. The van der Waals surface area contributed by atoms with Crippen LogP contribution in [0.15, 0.2) is 28.7 Å². The smallest absolute Gasteiger partial charge is 0.270 e. The van der Waals surface area contributed by atoms with E-state index in [1.807, 2.05) is 32.0 Å². The van der Waals surface area contributed by atoms with E-state index in [1.54, 1.807) is 13.2 Å². The first-order valence-electron chi connectivity index (χ1n) is 7.15. The van der Waals surface area contributed by atoms with E-state index >= 15 is 0 Å². The van der Waals surface area contributed by atoms with Gasteiger partial charge in [0.15, 0.2) is 0 Å². The van der Waals surface area contributed by atoms with Crippen molar-refractivity contribution < 1.29 is 9.53 Å². The summed E-state index contributed by atoms with van der Waals surface area (Å²) in [7, 11) is 1.59. The molecule has 0 fully saturated rings. The minimum absolute atomic E-state index is 0.251. The van der Waals surface area contributed by atoms with Gasteiger partial charge in [0.25, 0.3) is 5.91 Å². The van der Waals surface area contributed by atoms with E-state index in [0.29, 0.717) is 30.5 Å². The summed E-state index contributed by atoms with van der Waals surface area (Å²) in [6, 6.07) is 7.57. The molecule has 0 saturated carbocycles. The Bertz CT molecular complexity index is 706. The summed E-state index contributed by atoms with van der Waals surface area (Å²) in [6.45, 7) is 4.73. The van der Waals surface area contributed by atoms with Crippen molar-refractivity contribution in [3.8, 4) is 0 Å². The van der Waals surface area contributed by atoms with Gasteiger partial charge in [-0.3, -0.25) is 4.79 Å². The third-order valence-electron chi connectivity index (χ3n) is 3.05. The van der Waals surface area contributed by atoms with Gasteiger partial charge >= 0.3 is 0 Å². The topological polar surface area (TPSA) is 76.1 Å². The molecule has 0 unspecified atom stereocenters. The molecular formula is C16H19BrN4O2. The molecule has 23 heavy (non-hydrogen) atoms. The van der Waals surface area contributed by atoms with Crippen LogP contribution in [-0.4, -0.2) is 36.1 Å². The van der Waals surface area contributed by atoms with Crippen LogP contribution >= 0.6 is 15.9 Å². The molecule has 1 heterocycles. The summed E-state index contributed by atoms with van der Waals surface area (Å²) < 4.78 is 5.82. The molecular weight excluding hydrogens is 360 g/mol. The molecule has 7 heteroatoms. The summed E-state index contributed by atoms with van der Waals surface area (Å²) in [4.78, 5) is 20.7. The van der Waals surface area contributed by atoms with Crippen LogP contribution in [-0.2, 0) is 4.74 Å². The first-order chi connectivity index (χ1) is 11.0. The Morgan fingerprint density at radius 2 is 2.04 bits per heavy atom. The van der Waals surface area contributed by atoms with Crippen LogP contribution in [0.3, 0.4) is 0 Å². The van der Waals surface area contributed by atoms with Gasteiger partial charge in [-0.15, -0.1) is 0 Å². The SMILES string of the molecule is COCCNC(=O)c1cc(C)nc(Nc2ccc(C)cc2Br)n1. The normalized spacial score (nSPS) is 10.4. The number of hydrogen-bond acceptors (Lipinski definition) is 5. The number of hydrogen-bond donors (Lipinski definition) is 2. The zero-order chi connectivity index (χ0) is 16.8. The summed E-state index contributed by atoms with van der Waals surface area (Å²) in [6.07, 6.45) is 0. The number of anilines is 2. The Morgan fingerprint density at radius 1 is 1.26 bits per heavy atom. The first kappa shape index (κ1) is 17.4. The van der Waals surface area contributed by atoms with Crippen molar-refractivity contribution in [2.24, 2.45) is 0 Å². The molecule has 0 aliphatic rings. The van der Waals surface area contributed by atoms with E-state index in [0.717, 1.165) is 15.7 Å². The maximum atomic E-state index is 12.1. The minimum Gasteiger partial charge on any atom is -0.383 e. The minimum atomic E-state index is -0.251. The highest BCUT2D eigenvalue weighted by molar-refractivity contribution is 9.10. The van der Waals surface area contributed by atoms with Gasteiger partial charge in [0.2, 0.25) is 5.95 Å². The Hall–Kier alpha value is -1.99. The number of halogens is 1. The Kier molecular flexibility index (Phi) is 6.06. The highest BCUT2D eigenvalue weighted by atomic mass is 79.9. The summed E-state index contributed by atoms with van der Waals surface area (Å²) in [5, 5.41) is 5.87. The van der Waals surface area contributed by atoms with Crippen molar-refractivity contribution in [3.05, 3.63) is 45.7 Å². The molecule has 0 spiro atoms. The van der Waals surface area contributed by atoms with Crippen LogP contribution in [0.2, 0.25) is 0 Å². The second kappa shape index (κ2) is 8.03. The molecule has 0 bridgehead atoms. The molecule has 0 radical (unpaired) electrons. The fraction of sp³-hybridized carbons (Fsp3) is 0.312. The lowest BCUT2D eigenvalue weighted by atomic mass is 10.2. The van der Waals surface area contributed by atoms with Gasteiger partial charge in [-0.05, 0) is 53.5 Å². The molecule has 1 amide bonds. The van der Waals surface area contributed by atoms with Gasteiger partial charge in [-0.25, -0.2) is 9.97 Å². The van der Waals surface area contributed by atoms with E-state index in [1.165, 1.54) is 0 Å². The fourth-order valence-corrected chi connectivity index (χ4v) is 2.53. The highest BCUT2D eigenvalue weighted by Crippen LogP contribution is 2.25. The third-order valence-corrected chi connectivity index (χ3v) is 3.71. The molecule has 0 aliphatic carbocycles. The van der Waals surface area contributed by atoms with Crippen LogP contribution in [0.25, 0.3) is 0 Å². The third kappa shape index (κ3) is 5.01. The van der Waals surface area contributed by atoms with Gasteiger partial charge in [0.05, 0.1) is 12.3 Å². The fourth-order valence-electron chi connectivity index (χ4n) is 1.94. The maximum absolute atomic E-state index is 12.1. The van der Waals surface area contributed by atoms with E-state index in [9.17, 15) is 4.79 Å². The lowest BCUT2D eigenvalue weighted by Crippen LogP contribution is -2.28. The average Bonchev–Trinajstić information content (AvgIpc) is 2.50. The van der Waals surface area contributed by atoms with Gasteiger partial charge in [-0.1, -0.05) is 6.07 Å². The Morgan fingerprint density at radius 3 is 2.74 bits per heavy atom. The summed E-state index contributed by atoms with van der Waals surface area (Å²) in [5.41, 5.74) is 3.01. The van der Waals surface area contributed by atoms with E-state index in [4.69, 9.17) is 4.74 Å². The number of rotatable bonds is 6. The molecule has 6 nitrogen and oxygen atoms in total. The van der Waals surface area contributed by atoms with Crippen LogP contribution in [0.1, 0.15) is 21.7 Å². The molecule has 122 valence electrons. The number of benzene rings is 1. The standard InChI is InChI=1S/C16H19BrN4O2/c1-10-4-5-13(12(17)8-10)20-16-19-11(2)9-14(21-16)15(22)18-6-7-23-3/h4-5,8-9H,6-7H2,1-3H3,(H,18,22)(H,19,20,21). The van der Waals surface area contributed by atoms with Crippen molar-refractivity contribution in [1.29, 1.82) is 0 Å². The van der Waals surface area contributed by atoms with Gasteiger partial charge in [0, 0.05) is 23.8 Å². The number of aromatic nitrogens is 2. The number of methoxy groups -OCH3 is 1. The van der Waals surface area contributed by atoms with Crippen molar-refractivity contribution >= 4 is 33.5 Å². The predicted molar refractivity (Wildman–Crippen MR) is 93.1 cm³/mol. The van der Waals surface area contributed by atoms with Crippen molar-refractivity contribution in [2.45, 2.75) is 13.8 Å². The van der Waals surface area contributed by atoms with E-state index < -0.39 is 0 Å². The second-order valence-corrected chi connectivity index (χ2v) is 5.93. The Labute approximate surface area is 143 Å². The summed E-state index contributed by atoms with van der Waals surface area (Å²) >= 11 is 3.50. The van der Waals surface area contributed by atoms with Crippen LogP contribution < -0.4 is 10.6 Å². The molecule has 1 aromatic carbocycles. The number of ether oxygens (including phenoxy) is 1. The zero-order valence-corrected chi connectivity index (χ0v) is 14.9. The molecule has 0 atom stereocenters.